The fourth-order valence-corrected chi connectivity index (χ4v) is 2.70. The Bertz CT molecular complexity index is 674. The van der Waals surface area contributed by atoms with Crippen molar-refractivity contribution in [2.24, 2.45) is 0 Å². The van der Waals surface area contributed by atoms with E-state index in [9.17, 15) is 9.18 Å². The van der Waals surface area contributed by atoms with E-state index in [1.54, 1.807) is 26.0 Å². The number of halogens is 1. The number of rotatable bonds is 4. The summed E-state index contributed by atoms with van der Waals surface area (Å²) >= 11 is 0. The lowest BCUT2D eigenvalue weighted by Gasteiger charge is -2.32. The molecule has 4 nitrogen and oxygen atoms in total. The first-order valence-electron chi connectivity index (χ1n) is 8.50. The summed E-state index contributed by atoms with van der Waals surface area (Å²) in [6, 6.07) is 3.56. The van der Waals surface area contributed by atoms with Crippen molar-refractivity contribution in [1.29, 1.82) is 0 Å². The molecular weight excluding hydrogens is 320 g/mol. The minimum absolute atomic E-state index is 0.131. The zero-order valence-corrected chi connectivity index (χ0v) is 16.1. The Morgan fingerprint density at radius 1 is 1.16 bits per heavy atom. The van der Waals surface area contributed by atoms with E-state index < -0.39 is 18.3 Å². The molecule has 1 amide bonds. The van der Waals surface area contributed by atoms with Crippen LogP contribution in [0.5, 0.6) is 0 Å². The van der Waals surface area contributed by atoms with Crippen molar-refractivity contribution in [3.05, 3.63) is 40.1 Å². The van der Waals surface area contributed by atoms with E-state index in [2.05, 4.69) is 5.32 Å². The number of hydrogen-bond donors (Lipinski definition) is 1. The number of nitrogens with one attached hydrogen (secondary N) is 1. The molecule has 1 aliphatic heterocycles. The van der Waals surface area contributed by atoms with Crippen LogP contribution in [0.3, 0.4) is 0 Å². The molecule has 0 saturated carbocycles. The van der Waals surface area contributed by atoms with Crippen molar-refractivity contribution in [3.63, 3.8) is 0 Å². The van der Waals surface area contributed by atoms with E-state index in [1.165, 1.54) is 6.92 Å². The predicted molar refractivity (Wildman–Crippen MR) is 98.6 cm³/mol. The Labute approximate surface area is 149 Å². The van der Waals surface area contributed by atoms with Crippen LogP contribution in [0, 0.1) is 19.7 Å². The van der Waals surface area contributed by atoms with Crippen LogP contribution >= 0.6 is 0 Å². The molecule has 0 spiro atoms. The van der Waals surface area contributed by atoms with E-state index in [0.717, 1.165) is 11.0 Å². The Balaban J connectivity index is 2.38. The van der Waals surface area contributed by atoms with Crippen LogP contribution in [0.1, 0.15) is 51.3 Å². The summed E-state index contributed by atoms with van der Waals surface area (Å²) in [5.74, 6) is -0.329. The van der Waals surface area contributed by atoms with Crippen molar-refractivity contribution in [2.75, 3.05) is 6.54 Å². The molecule has 0 atom stereocenters. The molecular formula is C19H27BFNO3. The number of aryl methyl sites for hydroxylation is 2. The summed E-state index contributed by atoms with van der Waals surface area (Å²) in [7, 11) is -0.567. The van der Waals surface area contributed by atoms with Crippen molar-refractivity contribution < 1.29 is 18.5 Å². The first-order chi connectivity index (χ1) is 11.4. The van der Waals surface area contributed by atoms with Crippen LogP contribution in [-0.4, -0.2) is 30.8 Å². The molecule has 1 saturated heterocycles. The molecule has 1 aromatic carbocycles. The van der Waals surface area contributed by atoms with Crippen LogP contribution in [0.15, 0.2) is 17.6 Å². The number of benzene rings is 1. The fourth-order valence-electron chi connectivity index (χ4n) is 2.70. The van der Waals surface area contributed by atoms with Gasteiger partial charge in [-0.3, -0.25) is 4.79 Å². The highest BCUT2D eigenvalue weighted by Crippen LogP contribution is 2.38. The maximum atomic E-state index is 13.9. The minimum Gasteiger partial charge on any atom is -0.400 e. The molecule has 0 aromatic heterocycles. The van der Waals surface area contributed by atoms with Gasteiger partial charge in [0.1, 0.15) is 5.82 Å². The molecule has 0 bridgehead atoms. The summed E-state index contributed by atoms with van der Waals surface area (Å²) < 4.78 is 26.1. The summed E-state index contributed by atoms with van der Waals surface area (Å²) in [5, 5.41) is 2.80. The highest BCUT2D eigenvalue weighted by molar-refractivity contribution is 6.56. The van der Waals surface area contributed by atoms with Gasteiger partial charge in [-0.15, -0.1) is 0 Å². The highest BCUT2D eigenvalue weighted by atomic mass is 19.1. The van der Waals surface area contributed by atoms with Gasteiger partial charge < -0.3 is 14.6 Å². The van der Waals surface area contributed by atoms with Gasteiger partial charge in [0.2, 0.25) is 5.91 Å². The number of hydrogen-bond acceptors (Lipinski definition) is 3. The lowest BCUT2D eigenvalue weighted by molar-refractivity contribution is -0.118. The van der Waals surface area contributed by atoms with Crippen molar-refractivity contribution in [1.82, 2.24) is 5.32 Å². The number of amides is 1. The van der Waals surface area contributed by atoms with E-state index in [0.29, 0.717) is 17.7 Å². The first kappa shape index (κ1) is 19.7. The summed E-state index contributed by atoms with van der Waals surface area (Å²) in [6.07, 6.45) is 1.90. The van der Waals surface area contributed by atoms with E-state index >= 15 is 0 Å². The third-order valence-electron chi connectivity index (χ3n) is 4.91. The highest BCUT2D eigenvalue weighted by Gasteiger charge is 2.52. The summed E-state index contributed by atoms with van der Waals surface area (Å²) in [6.45, 7) is 13.2. The Hall–Kier alpha value is -1.66. The van der Waals surface area contributed by atoms with Crippen molar-refractivity contribution in [3.8, 4) is 0 Å². The molecule has 0 aliphatic carbocycles. The molecule has 1 heterocycles. The SMILES string of the molecule is CC(=O)NCC(=Cc1cc(C)c(F)c(C)c1)B1OC(C)(C)C(C)(C)O1. The fraction of sp³-hybridized carbons (Fsp3) is 0.526. The zero-order chi connectivity index (χ0) is 19.0. The van der Waals surface area contributed by atoms with Gasteiger partial charge in [0.25, 0.3) is 0 Å². The van der Waals surface area contributed by atoms with Crippen molar-refractivity contribution >= 4 is 19.1 Å². The zero-order valence-electron chi connectivity index (χ0n) is 16.1. The third-order valence-corrected chi connectivity index (χ3v) is 4.91. The van der Waals surface area contributed by atoms with E-state index in [1.807, 2.05) is 33.8 Å². The number of carbonyl (C=O) groups excluding carboxylic acids is 1. The minimum atomic E-state index is -0.567. The van der Waals surface area contributed by atoms with Crippen LogP contribution < -0.4 is 5.32 Å². The van der Waals surface area contributed by atoms with E-state index in [4.69, 9.17) is 9.31 Å². The lowest BCUT2D eigenvalue weighted by Crippen LogP contribution is -2.41. The average molecular weight is 347 g/mol. The summed E-state index contributed by atoms with van der Waals surface area (Å²) in [4.78, 5) is 11.4. The smallest absolute Gasteiger partial charge is 0.400 e. The van der Waals surface area contributed by atoms with Crippen LogP contribution in [0.25, 0.3) is 6.08 Å². The Kier molecular flexibility index (Phi) is 5.45. The van der Waals surface area contributed by atoms with Gasteiger partial charge in [-0.25, -0.2) is 4.39 Å². The van der Waals surface area contributed by atoms with Gasteiger partial charge in [-0.05, 0) is 75.8 Å². The molecule has 2 rings (SSSR count). The topological polar surface area (TPSA) is 47.6 Å². The van der Waals surface area contributed by atoms with Crippen LogP contribution in [0.2, 0.25) is 0 Å². The van der Waals surface area contributed by atoms with Gasteiger partial charge in [0.05, 0.1) is 11.2 Å². The largest absolute Gasteiger partial charge is 0.492 e. The van der Waals surface area contributed by atoms with Crippen molar-refractivity contribution in [2.45, 2.75) is 59.7 Å². The summed E-state index contributed by atoms with van der Waals surface area (Å²) in [5.41, 5.74) is 1.87. The third kappa shape index (κ3) is 4.31. The number of carbonyl (C=O) groups is 1. The molecule has 136 valence electrons. The van der Waals surface area contributed by atoms with E-state index in [-0.39, 0.29) is 11.7 Å². The predicted octanol–water partition coefficient (Wildman–Crippen LogP) is 3.59. The van der Waals surface area contributed by atoms with Gasteiger partial charge in [0.15, 0.2) is 0 Å². The maximum absolute atomic E-state index is 13.9. The van der Waals surface area contributed by atoms with Gasteiger partial charge in [0, 0.05) is 13.5 Å². The molecule has 1 N–H and O–H groups in total. The molecule has 25 heavy (non-hydrogen) atoms. The normalized spacial score (nSPS) is 19.2. The molecule has 0 unspecified atom stereocenters. The Morgan fingerprint density at radius 2 is 1.64 bits per heavy atom. The molecule has 1 aromatic rings. The quantitative estimate of drug-likeness (QED) is 0.847. The molecule has 0 radical (unpaired) electrons. The lowest BCUT2D eigenvalue weighted by atomic mass is 9.76. The average Bonchev–Trinajstić information content (AvgIpc) is 2.68. The van der Waals surface area contributed by atoms with Gasteiger partial charge in [-0.2, -0.15) is 0 Å². The monoisotopic (exact) mass is 347 g/mol. The maximum Gasteiger partial charge on any atom is 0.492 e. The second kappa shape index (κ2) is 6.92. The second-order valence-electron chi connectivity index (χ2n) is 7.69. The molecule has 6 heteroatoms. The second-order valence-corrected chi connectivity index (χ2v) is 7.69. The van der Waals surface area contributed by atoms with Gasteiger partial charge in [-0.1, -0.05) is 6.08 Å². The molecule has 1 aliphatic rings. The van der Waals surface area contributed by atoms with Gasteiger partial charge >= 0.3 is 7.12 Å². The van der Waals surface area contributed by atoms with Crippen LogP contribution in [-0.2, 0) is 14.1 Å². The Morgan fingerprint density at radius 3 is 2.08 bits per heavy atom. The standard InChI is InChI=1S/C19H27BFNO3/c1-12-8-15(9-13(2)17(12)21)10-16(11-22-14(3)23)20-24-18(4,5)19(6,7)25-20/h8-10H,11H2,1-7H3,(H,22,23). The first-order valence-corrected chi connectivity index (χ1v) is 8.50. The van der Waals surface area contributed by atoms with Crippen LogP contribution in [0.4, 0.5) is 4.39 Å². The molecule has 1 fully saturated rings.